The summed E-state index contributed by atoms with van der Waals surface area (Å²) < 4.78 is 0. The Kier molecular flexibility index (Phi) is 14.7. The maximum atomic E-state index is 11.7. The molecular weight excluding hydrogens is 388 g/mol. The fraction of sp³-hybridized carbons (Fsp3) is 0.704. The molecule has 1 rings (SSSR count). The molecule has 0 heterocycles. The van der Waals surface area contributed by atoms with Gasteiger partial charge in [-0.1, -0.05) is 110 Å². The summed E-state index contributed by atoms with van der Waals surface area (Å²) in [5.74, 6) is -2.30. The first-order chi connectivity index (χ1) is 15.0. The highest BCUT2D eigenvalue weighted by molar-refractivity contribution is 6.03. The lowest BCUT2D eigenvalue weighted by molar-refractivity contribution is 0.0650. The number of carboxylic acid groups (broad SMARTS) is 2. The van der Waals surface area contributed by atoms with Crippen molar-refractivity contribution in [2.24, 2.45) is 0 Å². The van der Waals surface area contributed by atoms with E-state index in [9.17, 15) is 19.8 Å². The van der Waals surface area contributed by atoms with Crippen molar-refractivity contribution in [1.82, 2.24) is 0 Å². The van der Waals surface area contributed by atoms with Gasteiger partial charge in [0.1, 0.15) is 0 Å². The number of carboxylic acids is 2. The van der Waals surface area contributed by atoms with E-state index in [0.717, 1.165) is 31.2 Å². The van der Waals surface area contributed by atoms with E-state index in [1.165, 1.54) is 83.1 Å². The quantitative estimate of drug-likeness (QED) is 0.217. The van der Waals surface area contributed by atoms with Crippen LogP contribution >= 0.6 is 0 Å². The van der Waals surface area contributed by atoms with Crippen molar-refractivity contribution in [3.63, 3.8) is 0 Å². The number of benzene rings is 1. The van der Waals surface area contributed by atoms with E-state index in [2.05, 4.69) is 6.92 Å². The van der Waals surface area contributed by atoms with Crippen LogP contribution in [0, 0.1) is 0 Å². The van der Waals surface area contributed by atoms with Crippen LogP contribution in [0.15, 0.2) is 12.1 Å². The van der Waals surface area contributed by atoms with Gasteiger partial charge in [-0.2, -0.15) is 0 Å². The second-order valence-electron chi connectivity index (χ2n) is 8.83. The first-order valence-electron chi connectivity index (χ1n) is 12.6. The Bertz CT molecular complexity index is 651. The Labute approximate surface area is 189 Å². The van der Waals surface area contributed by atoms with Gasteiger partial charge in [-0.05, 0) is 36.5 Å². The standard InChI is InChI=1S/C27H44O4/c1-3-5-6-7-8-9-10-11-12-13-14-15-16-17-19-22-20-21-24(26(28)29)25(27(30)31)23(22)18-4-2/h20-21H,3-19H2,1-2H3,(H,28,29)(H,30,31). The van der Waals surface area contributed by atoms with Crippen LogP contribution in [0.5, 0.6) is 0 Å². The zero-order chi connectivity index (χ0) is 22.9. The molecule has 0 spiro atoms. The molecule has 0 aromatic heterocycles. The van der Waals surface area contributed by atoms with Crippen molar-refractivity contribution in [2.75, 3.05) is 0 Å². The largest absolute Gasteiger partial charge is 0.478 e. The second kappa shape index (κ2) is 16.8. The van der Waals surface area contributed by atoms with E-state index in [4.69, 9.17) is 0 Å². The van der Waals surface area contributed by atoms with Crippen LogP contribution < -0.4 is 0 Å². The van der Waals surface area contributed by atoms with E-state index >= 15 is 0 Å². The maximum Gasteiger partial charge on any atom is 0.336 e. The molecule has 0 saturated carbocycles. The average Bonchev–Trinajstić information content (AvgIpc) is 2.74. The highest BCUT2D eigenvalue weighted by atomic mass is 16.4. The predicted octanol–water partition coefficient (Wildman–Crippen LogP) is 8.06. The van der Waals surface area contributed by atoms with E-state index in [1.807, 2.05) is 13.0 Å². The minimum absolute atomic E-state index is 0.0165. The topological polar surface area (TPSA) is 74.6 Å². The number of carbonyl (C=O) groups is 2. The van der Waals surface area contributed by atoms with E-state index in [-0.39, 0.29) is 11.1 Å². The molecule has 0 aliphatic carbocycles. The van der Waals surface area contributed by atoms with Gasteiger partial charge >= 0.3 is 11.9 Å². The zero-order valence-corrected chi connectivity index (χ0v) is 19.9. The summed E-state index contributed by atoms with van der Waals surface area (Å²) in [6.45, 7) is 4.26. The Hall–Kier alpha value is -1.84. The molecule has 1 aromatic rings. The number of unbranched alkanes of at least 4 members (excludes halogenated alkanes) is 13. The van der Waals surface area contributed by atoms with Gasteiger partial charge in [0.25, 0.3) is 0 Å². The lowest BCUT2D eigenvalue weighted by atomic mass is 9.90. The lowest BCUT2D eigenvalue weighted by Gasteiger charge is -2.14. The third kappa shape index (κ3) is 10.8. The smallest absolute Gasteiger partial charge is 0.336 e. The summed E-state index contributed by atoms with van der Waals surface area (Å²) in [6.07, 6.45) is 20.6. The number of aromatic carboxylic acids is 2. The molecule has 1 aromatic carbocycles. The minimum atomic E-state index is -1.17. The molecule has 0 atom stereocenters. The van der Waals surface area contributed by atoms with Crippen molar-refractivity contribution in [3.05, 3.63) is 34.4 Å². The normalized spacial score (nSPS) is 11.0. The number of rotatable bonds is 19. The van der Waals surface area contributed by atoms with Gasteiger partial charge in [0.2, 0.25) is 0 Å². The summed E-state index contributed by atoms with van der Waals surface area (Å²) in [7, 11) is 0. The maximum absolute atomic E-state index is 11.7. The molecule has 176 valence electrons. The Morgan fingerprint density at radius 1 is 0.613 bits per heavy atom. The molecule has 0 radical (unpaired) electrons. The van der Waals surface area contributed by atoms with Crippen molar-refractivity contribution in [2.45, 2.75) is 123 Å². The second-order valence-corrected chi connectivity index (χ2v) is 8.83. The van der Waals surface area contributed by atoms with Crippen molar-refractivity contribution < 1.29 is 19.8 Å². The molecule has 4 nitrogen and oxygen atoms in total. The lowest BCUT2D eigenvalue weighted by Crippen LogP contribution is -2.14. The van der Waals surface area contributed by atoms with Crippen molar-refractivity contribution in [1.29, 1.82) is 0 Å². The van der Waals surface area contributed by atoms with E-state index < -0.39 is 11.9 Å². The van der Waals surface area contributed by atoms with E-state index in [0.29, 0.717) is 12.0 Å². The summed E-state index contributed by atoms with van der Waals surface area (Å²) in [4.78, 5) is 23.1. The van der Waals surface area contributed by atoms with Crippen molar-refractivity contribution >= 4 is 11.9 Å². The van der Waals surface area contributed by atoms with Crippen LogP contribution in [0.1, 0.15) is 142 Å². The molecule has 0 aliphatic heterocycles. The van der Waals surface area contributed by atoms with Crippen LogP contribution in [0.3, 0.4) is 0 Å². The first kappa shape index (κ1) is 27.2. The molecule has 0 unspecified atom stereocenters. The molecule has 0 bridgehead atoms. The van der Waals surface area contributed by atoms with Crippen LogP contribution in [-0.4, -0.2) is 22.2 Å². The van der Waals surface area contributed by atoms with Gasteiger partial charge in [-0.3, -0.25) is 0 Å². The van der Waals surface area contributed by atoms with Gasteiger partial charge in [0.05, 0.1) is 11.1 Å². The molecule has 0 aliphatic rings. The van der Waals surface area contributed by atoms with Crippen molar-refractivity contribution in [3.8, 4) is 0 Å². The Morgan fingerprint density at radius 3 is 1.52 bits per heavy atom. The van der Waals surface area contributed by atoms with Gasteiger partial charge in [-0.25, -0.2) is 9.59 Å². The van der Waals surface area contributed by atoms with Gasteiger partial charge in [0.15, 0.2) is 0 Å². The monoisotopic (exact) mass is 432 g/mol. The average molecular weight is 433 g/mol. The minimum Gasteiger partial charge on any atom is -0.478 e. The molecule has 4 heteroatoms. The van der Waals surface area contributed by atoms with Gasteiger partial charge in [-0.15, -0.1) is 0 Å². The first-order valence-corrected chi connectivity index (χ1v) is 12.6. The van der Waals surface area contributed by atoms with Crippen LogP contribution in [0.4, 0.5) is 0 Å². The molecule has 0 fully saturated rings. The van der Waals surface area contributed by atoms with E-state index in [1.54, 1.807) is 0 Å². The zero-order valence-electron chi connectivity index (χ0n) is 19.9. The summed E-state index contributed by atoms with van der Waals surface area (Å²) in [5, 5.41) is 18.9. The molecule has 31 heavy (non-hydrogen) atoms. The summed E-state index contributed by atoms with van der Waals surface area (Å²) in [6, 6.07) is 3.28. The van der Waals surface area contributed by atoms with Crippen LogP contribution in [0.2, 0.25) is 0 Å². The fourth-order valence-corrected chi connectivity index (χ4v) is 4.39. The van der Waals surface area contributed by atoms with Gasteiger partial charge < -0.3 is 10.2 Å². The molecule has 2 N–H and O–H groups in total. The number of aryl methyl sites for hydroxylation is 1. The summed E-state index contributed by atoms with van der Waals surface area (Å²) >= 11 is 0. The Balaban J connectivity index is 2.28. The molecule has 0 amide bonds. The SMILES string of the molecule is CCCCCCCCCCCCCCCCc1ccc(C(=O)O)c(C(=O)O)c1CCC. The number of hydrogen-bond acceptors (Lipinski definition) is 2. The number of hydrogen-bond donors (Lipinski definition) is 2. The molecule has 0 saturated heterocycles. The third-order valence-electron chi connectivity index (χ3n) is 6.15. The predicted molar refractivity (Wildman–Crippen MR) is 128 cm³/mol. The molecular formula is C27H44O4. The summed E-state index contributed by atoms with van der Waals surface area (Å²) in [5.41, 5.74) is 1.60. The highest BCUT2D eigenvalue weighted by Crippen LogP contribution is 2.24. The Morgan fingerprint density at radius 2 is 1.10 bits per heavy atom. The van der Waals surface area contributed by atoms with Crippen LogP contribution in [0.25, 0.3) is 0 Å². The van der Waals surface area contributed by atoms with Crippen LogP contribution in [-0.2, 0) is 12.8 Å². The fourth-order valence-electron chi connectivity index (χ4n) is 4.39. The highest BCUT2D eigenvalue weighted by Gasteiger charge is 2.22. The third-order valence-corrected chi connectivity index (χ3v) is 6.15. The van der Waals surface area contributed by atoms with Gasteiger partial charge in [0, 0.05) is 0 Å².